The van der Waals surface area contributed by atoms with Gasteiger partial charge in [-0.15, -0.1) is 11.3 Å². The number of nitrogens with zero attached hydrogens (tertiary/aromatic N) is 2. The van der Waals surface area contributed by atoms with Crippen LogP contribution in [0.15, 0.2) is 0 Å². The van der Waals surface area contributed by atoms with Crippen LogP contribution in [-0.2, 0) is 9.53 Å². The molecule has 1 fully saturated rings. The lowest BCUT2D eigenvalue weighted by Crippen LogP contribution is -2.36. The number of hydrogen-bond donors (Lipinski definition) is 0. The molecule has 0 aliphatic carbocycles. The normalized spacial score (nSPS) is 16.9. The zero-order chi connectivity index (χ0) is 13.1. The lowest BCUT2D eigenvalue weighted by atomic mass is 9.97. The van der Waals surface area contributed by atoms with E-state index >= 15 is 0 Å². The lowest BCUT2D eigenvalue weighted by Gasteiger charge is -2.30. The number of rotatable bonds is 3. The Balaban J connectivity index is 1.92. The fourth-order valence-corrected chi connectivity index (χ4v) is 3.12. The molecule has 2 rings (SSSR count). The van der Waals surface area contributed by atoms with Crippen LogP contribution in [0.4, 0.5) is 5.13 Å². The van der Waals surface area contributed by atoms with Gasteiger partial charge >= 0.3 is 5.97 Å². The first-order valence-corrected chi connectivity index (χ1v) is 7.29. The van der Waals surface area contributed by atoms with Gasteiger partial charge < -0.3 is 9.64 Å². The van der Waals surface area contributed by atoms with Crippen LogP contribution in [0.3, 0.4) is 0 Å². The van der Waals surface area contributed by atoms with Crippen molar-refractivity contribution >= 4 is 22.4 Å². The van der Waals surface area contributed by atoms with Gasteiger partial charge in [-0.25, -0.2) is 4.98 Å². The number of aromatic nitrogens is 1. The summed E-state index contributed by atoms with van der Waals surface area (Å²) in [5.41, 5.74) is 1.11. The van der Waals surface area contributed by atoms with Gasteiger partial charge in [0.05, 0.1) is 18.2 Å². The molecule has 1 aliphatic rings. The number of esters is 1. The van der Waals surface area contributed by atoms with Crippen LogP contribution in [0.5, 0.6) is 0 Å². The number of thiazole rings is 1. The molecule has 0 saturated carbocycles. The number of anilines is 1. The molecular formula is C13H20N2O2S. The third-order valence-electron chi connectivity index (χ3n) is 3.40. The summed E-state index contributed by atoms with van der Waals surface area (Å²) in [5, 5.41) is 1.09. The van der Waals surface area contributed by atoms with E-state index in [4.69, 9.17) is 4.74 Å². The number of piperidine rings is 1. The molecule has 100 valence electrons. The predicted octanol–water partition coefficient (Wildman–Crippen LogP) is 2.54. The molecule has 0 bridgehead atoms. The maximum atomic E-state index is 11.6. The van der Waals surface area contributed by atoms with Crippen molar-refractivity contribution in [1.29, 1.82) is 0 Å². The molecule has 0 amide bonds. The molecule has 5 heteroatoms. The summed E-state index contributed by atoms with van der Waals surface area (Å²) < 4.78 is 5.08. The topological polar surface area (TPSA) is 42.4 Å². The molecule has 1 saturated heterocycles. The zero-order valence-electron chi connectivity index (χ0n) is 11.2. The van der Waals surface area contributed by atoms with E-state index in [9.17, 15) is 4.79 Å². The second kappa shape index (κ2) is 5.69. The van der Waals surface area contributed by atoms with E-state index in [1.807, 2.05) is 13.8 Å². The molecule has 0 aromatic carbocycles. The van der Waals surface area contributed by atoms with Gasteiger partial charge in [-0.05, 0) is 33.6 Å². The third-order valence-corrected chi connectivity index (χ3v) is 4.54. The van der Waals surface area contributed by atoms with E-state index in [0.29, 0.717) is 6.61 Å². The van der Waals surface area contributed by atoms with E-state index in [1.54, 1.807) is 11.3 Å². The molecule has 0 spiro atoms. The van der Waals surface area contributed by atoms with Crippen LogP contribution < -0.4 is 4.90 Å². The lowest BCUT2D eigenvalue weighted by molar-refractivity contribution is -0.148. The van der Waals surface area contributed by atoms with Crippen molar-refractivity contribution in [2.24, 2.45) is 5.92 Å². The van der Waals surface area contributed by atoms with Crippen molar-refractivity contribution in [3.63, 3.8) is 0 Å². The van der Waals surface area contributed by atoms with Gasteiger partial charge in [-0.3, -0.25) is 4.79 Å². The SMILES string of the molecule is CCOC(=O)C1CCN(c2nc(C)c(C)s2)CC1. The maximum Gasteiger partial charge on any atom is 0.309 e. The smallest absolute Gasteiger partial charge is 0.309 e. The fourth-order valence-electron chi connectivity index (χ4n) is 2.16. The van der Waals surface area contributed by atoms with E-state index in [1.165, 1.54) is 4.88 Å². The Kier molecular flexibility index (Phi) is 4.22. The van der Waals surface area contributed by atoms with Crippen molar-refractivity contribution in [3.8, 4) is 0 Å². The Morgan fingerprint density at radius 2 is 2.11 bits per heavy atom. The van der Waals surface area contributed by atoms with Crippen LogP contribution in [0, 0.1) is 19.8 Å². The van der Waals surface area contributed by atoms with Gasteiger partial charge in [0.1, 0.15) is 0 Å². The van der Waals surface area contributed by atoms with Gasteiger partial charge in [0.2, 0.25) is 0 Å². The van der Waals surface area contributed by atoms with Crippen LogP contribution in [0.1, 0.15) is 30.3 Å². The van der Waals surface area contributed by atoms with Crippen LogP contribution >= 0.6 is 11.3 Å². The molecule has 18 heavy (non-hydrogen) atoms. The average Bonchev–Trinajstić information content (AvgIpc) is 2.70. The summed E-state index contributed by atoms with van der Waals surface area (Å²) in [6, 6.07) is 0. The molecule has 1 aromatic rings. The fraction of sp³-hybridized carbons (Fsp3) is 0.692. The summed E-state index contributed by atoms with van der Waals surface area (Å²) in [4.78, 5) is 19.8. The second-order valence-corrected chi connectivity index (χ2v) is 5.83. The molecule has 0 radical (unpaired) electrons. The van der Waals surface area contributed by atoms with Crippen LogP contribution in [-0.4, -0.2) is 30.6 Å². The first kappa shape index (κ1) is 13.3. The highest BCUT2D eigenvalue weighted by atomic mass is 32.1. The zero-order valence-corrected chi connectivity index (χ0v) is 12.0. The summed E-state index contributed by atoms with van der Waals surface area (Å²) in [6.07, 6.45) is 1.74. The van der Waals surface area contributed by atoms with Crippen molar-refractivity contribution in [3.05, 3.63) is 10.6 Å². The Morgan fingerprint density at radius 3 is 2.61 bits per heavy atom. The molecular weight excluding hydrogens is 248 g/mol. The molecule has 0 unspecified atom stereocenters. The van der Waals surface area contributed by atoms with Gasteiger partial charge in [-0.1, -0.05) is 0 Å². The predicted molar refractivity (Wildman–Crippen MR) is 73.2 cm³/mol. The number of carbonyl (C=O) groups excluding carboxylic acids is 1. The Hall–Kier alpha value is -1.10. The van der Waals surface area contributed by atoms with Crippen molar-refractivity contribution in [2.45, 2.75) is 33.6 Å². The molecule has 4 nitrogen and oxygen atoms in total. The standard InChI is InChI=1S/C13H20N2O2S/c1-4-17-12(16)11-5-7-15(8-6-11)13-14-9(2)10(3)18-13/h11H,4-8H2,1-3H3. The molecule has 1 aromatic heterocycles. The molecule has 2 heterocycles. The Morgan fingerprint density at radius 1 is 1.44 bits per heavy atom. The maximum absolute atomic E-state index is 11.6. The highest BCUT2D eigenvalue weighted by Crippen LogP contribution is 2.29. The molecule has 0 N–H and O–H groups in total. The van der Waals surface area contributed by atoms with Crippen molar-refractivity contribution in [1.82, 2.24) is 4.98 Å². The van der Waals surface area contributed by atoms with E-state index in [0.717, 1.165) is 36.8 Å². The van der Waals surface area contributed by atoms with E-state index in [2.05, 4.69) is 16.8 Å². The average molecular weight is 268 g/mol. The summed E-state index contributed by atoms with van der Waals surface area (Å²) in [5.74, 6) is 0.0343. The highest BCUT2D eigenvalue weighted by Gasteiger charge is 2.27. The third kappa shape index (κ3) is 2.83. The molecule has 1 aliphatic heterocycles. The highest BCUT2D eigenvalue weighted by molar-refractivity contribution is 7.15. The Bertz CT molecular complexity index is 403. The van der Waals surface area contributed by atoms with Gasteiger partial charge in [-0.2, -0.15) is 0 Å². The van der Waals surface area contributed by atoms with Crippen LogP contribution in [0.25, 0.3) is 0 Å². The van der Waals surface area contributed by atoms with Gasteiger partial charge in [0.15, 0.2) is 5.13 Å². The monoisotopic (exact) mass is 268 g/mol. The minimum atomic E-state index is -0.0383. The summed E-state index contributed by atoms with van der Waals surface area (Å²) in [6.45, 7) is 8.27. The minimum Gasteiger partial charge on any atom is -0.466 e. The largest absolute Gasteiger partial charge is 0.466 e. The summed E-state index contributed by atoms with van der Waals surface area (Å²) in [7, 11) is 0. The number of aryl methyl sites for hydroxylation is 2. The molecule has 0 atom stereocenters. The first-order chi connectivity index (χ1) is 8.61. The number of hydrogen-bond acceptors (Lipinski definition) is 5. The number of ether oxygens (including phenoxy) is 1. The van der Waals surface area contributed by atoms with Gasteiger partial charge in [0, 0.05) is 18.0 Å². The van der Waals surface area contributed by atoms with Crippen molar-refractivity contribution in [2.75, 3.05) is 24.6 Å². The summed E-state index contributed by atoms with van der Waals surface area (Å²) >= 11 is 1.74. The van der Waals surface area contributed by atoms with Gasteiger partial charge in [0.25, 0.3) is 0 Å². The Labute approximate surface area is 112 Å². The first-order valence-electron chi connectivity index (χ1n) is 6.47. The second-order valence-electron chi connectivity index (χ2n) is 4.65. The minimum absolute atomic E-state index is 0.0383. The number of carbonyl (C=O) groups is 1. The van der Waals surface area contributed by atoms with E-state index < -0.39 is 0 Å². The van der Waals surface area contributed by atoms with Crippen LogP contribution in [0.2, 0.25) is 0 Å². The van der Waals surface area contributed by atoms with E-state index in [-0.39, 0.29) is 11.9 Å². The van der Waals surface area contributed by atoms with Crippen molar-refractivity contribution < 1.29 is 9.53 Å². The quantitative estimate of drug-likeness (QED) is 0.790.